The van der Waals surface area contributed by atoms with Gasteiger partial charge in [-0.2, -0.15) is 0 Å². The monoisotopic (exact) mass is 233 g/mol. The summed E-state index contributed by atoms with van der Waals surface area (Å²) in [5.74, 6) is -3.75. The minimum absolute atomic E-state index is 0.0776. The van der Waals surface area contributed by atoms with Gasteiger partial charge in [-0.15, -0.1) is 0 Å². The molecule has 94 valence electrons. The largest absolute Gasteiger partial charge is 0.478 e. The van der Waals surface area contributed by atoms with Crippen LogP contribution in [0.25, 0.3) is 0 Å². The highest BCUT2D eigenvalue weighted by atomic mass is 16.6. The molecule has 0 rings (SSSR count). The molecule has 0 amide bonds. The number of esters is 1. The predicted molar refractivity (Wildman–Crippen MR) is 56.4 cm³/mol. The first-order valence-corrected chi connectivity index (χ1v) is 5.00. The lowest BCUT2D eigenvalue weighted by molar-refractivity contribution is -0.182. The van der Waals surface area contributed by atoms with E-state index in [9.17, 15) is 14.7 Å². The SMILES string of the molecule is CCC(C(=O)OC(C)(C)C)[C@](N)(O)C(=O)O. The van der Waals surface area contributed by atoms with Gasteiger partial charge in [-0.1, -0.05) is 6.92 Å². The summed E-state index contributed by atoms with van der Waals surface area (Å²) in [5.41, 5.74) is 1.84. The highest BCUT2D eigenvalue weighted by molar-refractivity contribution is 5.85. The summed E-state index contributed by atoms with van der Waals surface area (Å²) in [6.45, 7) is 6.49. The summed E-state index contributed by atoms with van der Waals surface area (Å²) in [6.07, 6.45) is 0.0776. The molecule has 0 aliphatic rings. The molecule has 0 aliphatic carbocycles. The molecule has 0 radical (unpaired) electrons. The van der Waals surface area contributed by atoms with Crippen molar-refractivity contribution < 1.29 is 24.5 Å². The topological polar surface area (TPSA) is 110 Å². The second-order valence-electron chi connectivity index (χ2n) is 4.62. The van der Waals surface area contributed by atoms with E-state index in [0.717, 1.165) is 0 Å². The first-order valence-electron chi connectivity index (χ1n) is 5.00. The lowest BCUT2D eigenvalue weighted by Crippen LogP contribution is -2.57. The molecule has 2 atom stereocenters. The Labute approximate surface area is 94.4 Å². The van der Waals surface area contributed by atoms with Crippen molar-refractivity contribution in [2.24, 2.45) is 11.7 Å². The van der Waals surface area contributed by atoms with Gasteiger partial charge < -0.3 is 14.9 Å². The van der Waals surface area contributed by atoms with E-state index in [1.807, 2.05) is 0 Å². The van der Waals surface area contributed by atoms with Gasteiger partial charge >= 0.3 is 11.9 Å². The Kier molecular flexibility index (Phi) is 4.45. The molecule has 1 unspecified atom stereocenters. The third-order valence-electron chi connectivity index (χ3n) is 1.97. The number of carbonyl (C=O) groups is 2. The molecule has 0 spiro atoms. The predicted octanol–water partition coefficient (Wildman–Crippen LogP) is 0.0862. The fraction of sp³-hybridized carbons (Fsp3) is 0.800. The third kappa shape index (κ3) is 3.79. The van der Waals surface area contributed by atoms with Crippen LogP contribution in [0.5, 0.6) is 0 Å². The smallest absolute Gasteiger partial charge is 0.351 e. The summed E-state index contributed by atoms with van der Waals surface area (Å²) in [4.78, 5) is 22.3. The molecular formula is C10H19NO5. The molecule has 4 N–H and O–H groups in total. The standard InChI is InChI=1S/C10H19NO5/c1-5-6(10(11,15)8(13)14)7(12)16-9(2,3)4/h6,15H,5,11H2,1-4H3,(H,13,14)/t6?,10-/m0/s1. The fourth-order valence-corrected chi connectivity index (χ4v) is 1.18. The van der Waals surface area contributed by atoms with Crippen LogP contribution in [0.2, 0.25) is 0 Å². The van der Waals surface area contributed by atoms with Gasteiger partial charge in [0.1, 0.15) is 11.5 Å². The van der Waals surface area contributed by atoms with Crippen LogP contribution in [0.3, 0.4) is 0 Å². The van der Waals surface area contributed by atoms with Crippen LogP contribution in [0.1, 0.15) is 34.1 Å². The number of rotatable bonds is 4. The second kappa shape index (κ2) is 4.80. The third-order valence-corrected chi connectivity index (χ3v) is 1.97. The maximum Gasteiger partial charge on any atom is 0.351 e. The number of hydrogen-bond donors (Lipinski definition) is 3. The lowest BCUT2D eigenvalue weighted by Gasteiger charge is -2.29. The van der Waals surface area contributed by atoms with Gasteiger partial charge in [-0.05, 0) is 27.2 Å². The zero-order valence-corrected chi connectivity index (χ0v) is 9.98. The number of aliphatic hydroxyl groups is 1. The van der Waals surface area contributed by atoms with E-state index in [1.165, 1.54) is 0 Å². The molecule has 0 saturated heterocycles. The maximum atomic E-state index is 11.6. The van der Waals surface area contributed by atoms with Gasteiger partial charge in [0.15, 0.2) is 0 Å². The fourth-order valence-electron chi connectivity index (χ4n) is 1.18. The van der Waals surface area contributed by atoms with Crippen LogP contribution < -0.4 is 5.73 Å². The zero-order chi connectivity index (χ0) is 13.1. The molecule has 0 aromatic heterocycles. The van der Waals surface area contributed by atoms with E-state index in [0.29, 0.717) is 0 Å². The van der Waals surface area contributed by atoms with Crippen molar-refractivity contribution in [3.8, 4) is 0 Å². The molecule has 0 bridgehead atoms. The van der Waals surface area contributed by atoms with Gasteiger partial charge in [0.2, 0.25) is 5.72 Å². The molecule has 0 aliphatic heterocycles. The van der Waals surface area contributed by atoms with Crippen LogP contribution >= 0.6 is 0 Å². The van der Waals surface area contributed by atoms with E-state index < -0.39 is 29.2 Å². The van der Waals surface area contributed by atoms with Crippen LogP contribution in [0, 0.1) is 5.92 Å². The van der Waals surface area contributed by atoms with Crippen LogP contribution in [0.4, 0.5) is 0 Å². The normalized spacial score (nSPS) is 17.4. The molecule has 0 aromatic rings. The van der Waals surface area contributed by atoms with Crippen molar-refractivity contribution in [2.45, 2.75) is 45.4 Å². The summed E-state index contributed by atoms with van der Waals surface area (Å²) < 4.78 is 4.98. The molecule has 0 saturated carbocycles. The molecular weight excluding hydrogens is 214 g/mol. The highest BCUT2D eigenvalue weighted by Crippen LogP contribution is 2.21. The first kappa shape index (κ1) is 14.9. The van der Waals surface area contributed by atoms with Crippen molar-refractivity contribution in [2.75, 3.05) is 0 Å². The van der Waals surface area contributed by atoms with Gasteiger partial charge in [0.25, 0.3) is 0 Å². The Bertz CT molecular complexity index is 279. The lowest BCUT2D eigenvalue weighted by atomic mass is 9.93. The molecule has 0 fully saturated rings. The maximum absolute atomic E-state index is 11.6. The van der Waals surface area contributed by atoms with Gasteiger partial charge in [0.05, 0.1) is 0 Å². The summed E-state index contributed by atoms with van der Waals surface area (Å²) >= 11 is 0. The van der Waals surface area contributed by atoms with Gasteiger partial charge in [-0.3, -0.25) is 10.5 Å². The summed E-state index contributed by atoms with van der Waals surface area (Å²) in [7, 11) is 0. The molecule has 0 aromatic carbocycles. The number of hydrogen-bond acceptors (Lipinski definition) is 5. The Morgan fingerprint density at radius 3 is 2.06 bits per heavy atom. The van der Waals surface area contributed by atoms with Crippen molar-refractivity contribution in [3.63, 3.8) is 0 Å². The second-order valence-corrected chi connectivity index (χ2v) is 4.62. The van der Waals surface area contributed by atoms with Crippen molar-refractivity contribution in [1.82, 2.24) is 0 Å². The average Bonchev–Trinajstić information content (AvgIpc) is 2.00. The summed E-state index contributed by atoms with van der Waals surface area (Å²) in [5, 5.41) is 18.2. The number of ether oxygens (including phenoxy) is 1. The Balaban J connectivity index is 4.88. The minimum atomic E-state index is -2.60. The van der Waals surface area contributed by atoms with Gasteiger partial charge in [-0.25, -0.2) is 4.79 Å². The Morgan fingerprint density at radius 1 is 1.38 bits per heavy atom. The van der Waals surface area contributed by atoms with E-state index in [2.05, 4.69) is 0 Å². The Hall–Kier alpha value is -1.14. The quantitative estimate of drug-likeness (QED) is 0.468. The zero-order valence-electron chi connectivity index (χ0n) is 9.98. The van der Waals surface area contributed by atoms with Crippen molar-refractivity contribution in [3.05, 3.63) is 0 Å². The van der Waals surface area contributed by atoms with Crippen molar-refractivity contribution in [1.29, 1.82) is 0 Å². The minimum Gasteiger partial charge on any atom is -0.478 e. The first-order chi connectivity index (χ1) is 7.02. The number of carboxylic acids is 1. The van der Waals surface area contributed by atoms with E-state index in [-0.39, 0.29) is 6.42 Å². The van der Waals surface area contributed by atoms with Crippen LogP contribution in [0.15, 0.2) is 0 Å². The van der Waals surface area contributed by atoms with Crippen LogP contribution in [-0.2, 0) is 14.3 Å². The molecule has 6 heteroatoms. The molecule has 16 heavy (non-hydrogen) atoms. The van der Waals surface area contributed by atoms with Crippen LogP contribution in [-0.4, -0.2) is 33.5 Å². The van der Waals surface area contributed by atoms with Crippen molar-refractivity contribution >= 4 is 11.9 Å². The molecule has 0 heterocycles. The number of nitrogens with two attached hydrogens (primary N) is 1. The number of carboxylic acid groups (broad SMARTS) is 1. The van der Waals surface area contributed by atoms with Gasteiger partial charge in [0, 0.05) is 0 Å². The Morgan fingerprint density at radius 2 is 1.81 bits per heavy atom. The highest BCUT2D eigenvalue weighted by Gasteiger charge is 2.45. The van der Waals surface area contributed by atoms with E-state index in [1.54, 1.807) is 27.7 Å². The summed E-state index contributed by atoms with van der Waals surface area (Å²) in [6, 6.07) is 0. The van der Waals surface area contributed by atoms with E-state index in [4.69, 9.17) is 15.6 Å². The average molecular weight is 233 g/mol. The molecule has 6 nitrogen and oxygen atoms in total. The van der Waals surface area contributed by atoms with E-state index >= 15 is 0 Å². The number of carbonyl (C=O) groups excluding carboxylic acids is 1. The number of aliphatic carboxylic acids is 1.